The lowest BCUT2D eigenvalue weighted by atomic mass is 10.2. The van der Waals surface area contributed by atoms with E-state index in [2.05, 4.69) is 4.72 Å². The van der Waals surface area contributed by atoms with Crippen LogP contribution in [0.3, 0.4) is 0 Å². The van der Waals surface area contributed by atoms with Crippen molar-refractivity contribution < 1.29 is 17.9 Å². The number of rotatable bonds is 8. The van der Waals surface area contributed by atoms with Crippen molar-refractivity contribution in [3.63, 3.8) is 0 Å². The van der Waals surface area contributed by atoms with Crippen LogP contribution < -0.4 is 14.2 Å². The molecule has 6 heteroatoms. The number of sulfonamides is 1. The van der Waals surface area contributed by atoms with Gasteiger partial charge in [0.25, 0.3) is 0 Å². The number of hydrogen-bond donors (Lipinski definition) is 1. The van der Waals surface area contributed by atoms with Crippen molar-refractivity contribution in [1.29, 1.82) is 0 Å². The highest BCUT2D eigenvalue weighted by molar-refractivity contribution is 7.89. The Balaban J connectivity index is 2.34. The smallest absolute Gasteiger partial charge is 0.244 e. The second kappa shape index (κ2) is 8.17. The van der Waals surface area contributed by atoms with E-state index in [9.17, 15) is 8.42 Å². The van der Waals surface area contributed by atoms with Gasteiger partial charge in [-0.25, -0.2) is 13.1 Å². The van der Waals surface area contributed by atoms with Crippen LogP contribution >= 0.6 is 0 Å². The van der Waals surface area contributed by atoms with Gasteiger partial charge >= 0.3 is 0 Å². The summed E-state index contributed by atoms with van der Waals surface area (Å²) in [6, 6.07) is 12.6. The van der Waals surface area contributed by atoms with E-state index in [0.29, 0.717) is 24.7 Å². The van der Waals surface area contributed by atoms with Crippen molar-refractivity contribution >= 4 is 10.0 Å². The molecule has 0 aromatic heterocycles. The minimum Gasteiger partial charge on any atom is -0.494 e. The van der Waals surface area contributed by atoms with Crippen LogP contribution in [0.4, 0.5) is 0 Å². The maximum atomic E-state index is 12.7. The fourth-order valence-electron chi connectivity index (χ4n) is 2.28. The number of aryl methyl sites for hydroxylation is 1. The first-order valence-electron chi connectivity index (χ1n) is 7.91. The van der Waals surface area contributed by atoms with Gasteiger partial charge in [-0.2, -0.15) is 0 Å². The Labute approximate surface area is 143 Å². The fourth-order valence-corrected chi connectivity index (χ4v) is 3.44. The monoisotopic (exact) mass is 349 g/mol. The van der Waals surface area contributed by atoms with Crippen molar-refractivity contribution in [3.8, 4) is 11.5 Å². The van der Waals surface area contributed by atoms with E-state index in [1.54, 1.807) is 6.07 Å². The number of benzene rings is 2. The summed E-state index contributed by atoms with van der Waals surface area (Å²) >= 11 is 0. The summed E-state index contributed by atoms with van der Waals surface area (Å²) in [5.74, 6) is 0.875. The lowest BCUT2D eigenvalue weighted by Gasteiger charge is -2.15. The van der Waals surface area contributed by atoms with Crippen molar-refractivity contribution in [2.24, 2.45) is 0 Å². The molecule has 2 aromatic carbocycles. The normalized spacial score (nSPS) is 11.3. The molecule has 0 saturated carbocycles. The summed E-state index contributed by atoms with van der Waals surface area (Å²) < 4.78 is 39.1. The fraction of sp³-hybridized carbons (Fsp3) is 0.333. The third kappa shape index (κ3) is 4.49. The molecule has 0 spiro atoms. The van der Waals surface area contributed by atoms with Crippen molar-refractivity contribution in [2.45, 2.75) is 32.2 Å². The Morgan fingerprint density at radius 2 is 1.58 bits per heavy atom. The van der Waals surface area contributed by atoms with E-state index >= 15 is 0 Å². The van der Waals surface area contributed by atoms with Gasteiger partial charge in [-0.05, 0) is 38.0 Å². The summed E-state index contributed by atoms with van der Waals surface area (Å²) in [4.78, 5) is 0.0920. The van der Waals surface area contributed by atoms with Crippen LogP contribution in [0.5, 0.6) is 11.5 Å². The maximum Gasteiger partial charge on any atom is 0.244 e. The van der Waals surface area contributed by atoms with E-state index in [1.807, 2.05) is 51.1 Å². The molecule has 0 aliphatic rings. The molecule has 2 rings (SSSR count). The molecule has 130 valence electrons. The Morgan fingerprint density at radius 1 is 0.958 bits per heavy atom. The zero-order chi connectivity index (χ0) is 17.6. The van der Waals surface area contributed by atoms with Crippen LogP contribution in [0, 0.1) is 6.92 Å². The molecule has 0 unspecified atom stereocenters. The predicted octanol–water partition coefficient (Wildman–Crippen LogP) is 3.27. The lowest BCUT2D eigenvalue weighted by molar-refractivity contribution is 0.320. The predicted molar refractivity (Wildman–Crippen MR) is 94.0 cm³/mol. The van der Waals surface area contributed by atoms with Crippen LogP contribution in [-0.4, -0.2) is 21.6 Å². The first-order chi connectivity index (χ1) is 11.5. The molecule has 0 fully saturated rings. The topological polar surface area (TPSA) is 64.6 Å². The third-order valence-corrected chi connectivity index (χ3v) is 4.86. The largest absolute Gasteiger partial charge is 0.494 e. The molecular weight excluding hydrogens is 326 g/mol. The van der Waals surface area contributed by atoms with Crippen molar-refractivity contribution in [3.05, 3.63) is 53.6 Å². The Hall–Kier alpha value is -2.05. The van der Waals surface area contributed by atoms with Gasteiger partial charge in [0.15, 0.2) is 0 Å². The molecule has 0 bridgehead atoms. The van der Waals surface area contributed by atoms with Crippen LogP contribution in [-0.2, 0) is 16.6 Å². The van der Waals surface area contributed by atoms with Gasteiger partial charge in [0.1, 0.15) is 16.4 Å². The summed E-state index contributed by atoms with van der Waals surface area (Å²) in [5, 5.41) is 0. The average Bonchev–Trinajstić information content (AvgIpc) is 2.57. The van der Waals surface area contributed by atoms with Gasteiger partial charge in [0, 0.05) is 12.6 Å². The highest BCUT2D eigenvalue weighted by atomic mass is 32.2. The first kappa shape index (κ1) is 18.3. The second-order valence-electron chi connectivity index (χ2n) is 5.24. The molecule has 0 amide bonds. The summed E-state index contributed by atoms with van der Waals surface area (Å²) in [5.41, 5.74) is 1.72. The van der Waals surface area contributed by atoms with E-state index in [4.69, 9.17) is 9.47 Å². The first-order valence-corrected chi connectivity index (χ1v) is 9.40. The summed E-state index contributed by atoms with van der Waals surface area (Å²) in [7, 11) is -3.72. The van der Waals surface area contributed by atoms with E-state index < -0.39 is 10.0 Å². The van der Waals surface area contributed by atoms with Crippen molar-refractivity contribution in [2.75, 3.05) is 13.2 Å². The van der Waals surface area contributed by atoms with Crippen LogP contribution in [0.2, 0.25) is 0 Å². The highest BCUT2D eigenvalue weighted by Gasteiger charge is 2.22. The standard InChI is InChI=1S/C18H23NO4S/c1-4-22-16-12-18(17(23-5-2)11-14(16)3)24(20,21)19-13-15-9-7-6-8-10-15/h6-12,19H,4-5,13H2,1-3H3. The molecule has 0 atom stereocenters. The number of hydrogen-bond acceptors (Lipinski definition) is 4. The van der Waals surface area contributed by atoms with Gasteiger partial charge in [0.05, 0.1) is 13.2 Å². The average molecular weight is 349 g/mol. The van der Waals surface area contributed by atoms with Crippen LogP contribution in [0.25, 0.3) is 0 Å². The molecule has 0 saturated heterocycles. The summed E-state index contributed by atoms with van der Waals surface area (Å²) in [6.45, 7) is 6.60. The minimum absolute atomic E-state index is 0.0920. The van der Waals surface area contributed by atoms with Gasteiger partial charge in [-0.1, -0.05) is 30.3 Å². The molecule has 5 nitrogen and oxygen atoms in total. The van der Waals surface area contributed by atoms with Gasteiger partial charge in [-0.15, -0.1) is 0 Å². The third-order valence-electron chi connectivity index (χ3n) is 3.44. The van der Waals surface area contributed by atoms with Gasteiger partial charge in [0.2, 0.25) is 10.0 Å². The van der Waals surface area contributed by atoms with Gasteiger partial charge in [-0.3, -0.25) is 0 Å². The van der Waals surface area contributed by atoms with Crippen LogP contribution in [0.1, 0.15) is 25.0 Å². The minimum atomic E-state index is -3.72. The van der Waals surface area contributed by atoms with E-state index in [-0.39, 0.29) is 11.4 Å². The molecule has 0 radical (unpaired) electrons. The van der Waals surface area contributed by atoms with Crippen LogP contribution in [0.15, 0.2) is 47.4 Å². The zero-order valence-corrected chi connectivity index (χ0v) is 15.0. The van der Waals surface area contributed by atoms with E-state index in [0.717, 1.165) is 11.1 Å². The Kier molecular flexibility index (Phi) is 6.23. The molecule has 0 aliphatic heterocycles. The Morgan fingerprint density at radius 3 is 2.21 bits per heavy atom. The van der Waals surface area contributed by atoms with E-state index in [1.165, 1.54) is 6.07 Å². The maximum absolute atomic E-state index is 12.7. The quantitative estimate of drug-likeness (QED) is 0.794. The molecule has 1 N–H and O–H groups in total. The lowest BCUT2D eigenvalue weighted by Crippen LogP contribution is -2.24. The molecule has 2 aromatic rings. The molecule has 24 heavy (non-hydrogen) atoms. The van der Waals surface area contributed by atoms with Gasteiger partial charge < -0.3 is 9.47 Å². The zero-order valence-electron chi connectivity index (χ0n) is 14.2. The SMILES string of the molecule is CCOc1cc(S(=O)(=O)NCc2ccccc2)c(OCC)cc1C. The highest BCUT2D eigenvalue weighted by Crippen LogP contribution is 2.32. The molecule has 0 aliphatic carbocycles. The van der Waals surface area contributed by atoms with Crippen molar-refractivity contribution in [1.82, 2.24) is 4.72 Å². The number of nitrogens with one attached hydrogen (secondary N) is 1. The molecular formula is C18H23NO4S. The molecule has 0 heterocycles. The Bertz CT molecular complexity index is 773. The summed E-state index contributed by atoms with van der Waals surface area (Å²) in [6.07, 6.45) is 0. The second-order valence-corrected chi connectivity index (χ2v) is 6.98. The number of ether oxygens (including phenoxy) is 2.